The predicted octanol–water partition coefficient (Wildman–Crippen LogP) is 6.67. The van der Waals surface area contributed by atoms with E-state index in [0.717, 1.165) is 24.2 Å². The van der Waals surface area contributed by atoms with Gasteiger partial charge < -0.3 is 13.9 Å². The first-order valence-electron chi connectivity index (χ1n) is 11.6. The highest BCUT2D eigenvalue weighted by molar-refractivity contribution is 6.03. The maximum Gasteiger partial charge on any atom is 0.337 e. The van der Waals surface area contributed by atoms with Crippen LogP contribution in [-0.2, 0) is 17.8 Å². The molecule has 32 heavy (non-hydrogen) atoms. The molecule has 1 saturated carbocycles. The molecule has 0 bridgehead atoms. The van der Waals surface area contributed by atoms with Crippen molar-refractivity contribution >= 4 is 27.8 Å². The number of fused-ring (bicyclic) bond motifs is 4. The smallest absolute Gasteiger partial charge is 0.337 e. The topological polar surface area (TPSA) is 36.2 Å². The molecule has 1 fully saturated rings. The second-order valence-electron chi connectivity index (χ2n) is 9.34. The number of hydrogen-bond acceptors (Lipinski definition) is 2. The van der Waals surface area contributed by atoms with Gasteiger partial charge in [-0.2, -0.15) is 0 Å². The van der Waals surface area contributed by atoms with Crippen LogP contribution >= 0.6 is 0 Å². The third-order valence-corrected chi connectivity index (χ3v) is 7.36. The molecule has 0 N–H and O–H groups in total. The highest BCUT2D eigenvalue weighted by Gasteiger charge is 2.29. The van der Waals surface area contributed by atoms with Crippen molar-refractivity contribution in [1.29, 1.82) is 0 Å². The van der Waals surface area contributed by atoms with E-state index >= 15 is 0 Å². The molecular weight excluding hydrogens is 396 g/mol. The van der Waals surface area contributed by atoms with Crippen molar-refractivity contribution in [2.24, 2.45) is 0 Å². The predicted molar refractivity (Wildman–Crippen MR) is 129 cm³/mol. The summed E-state index contributed by atoms with van der Waals surface area (Å²) in [4.78, 5) is 12.4. The van der Waals surface area contributed by atoms with Crippen LogP contribution in [0.4, 0.5) is 0 Å². The fourth-order valence-corrected chi connectivity index (χ4v) is 5.98. The summed E-state index contributed by atoms with van der Waals surface area (Å²) >= 11 is 0. The van der Waals surface area contributed by atoms with Crippen molar-refractivity contribution in [3.05, 3.63) is 71.9 Å². The van der Waals surface area contributed by atoms with E-state index in [2.05, 4.69) is 52.2 Å². The number of allylic oxidation sites excluding steroid dienone is 1. The fourth-order valence-electron chi connectivity index (χ4n) is 5.98. The summed E-state index contributed by atoms with van der Waals surface area (Å²) in [6.45, 7) is 5.97. The lowest BCUT2D eigenvalue weighted by molar-refractivity contribution is 0.0601. The highest BCUT2D eigenvalue weighted by atomic mass is 16.5. The summed E-state index contributed by atoms with van der Waals surface area (Å²) < 4.78 is 9.79. The SMILES string of the molecule is C=C1Cn2ccc3cccc(c32)-c2c(C3CCCCC3)c3ccc(C(=O)OC)cc3n2C1. The Morgan fingerprint density at radius 2 is 1.91 bits per heavy atom. The lowest BCUT2D eigenvalue weighted by atomic mass is 9.81. The van der Waals surface area contributed by atoms with E-state index in [0.29, 0.717) is 11.5 Å². The number of benzene rings is 2. The molecule has 4 aromatic rings. The summed E-state index contributed by atoms with van der Waals surface area (Å²) in [7, 11) is 1.44. The van der Waals surface area contributed by atoms with Crippen LogP contribution in [0.25, 0.3) is 33.1 Å². The molecule has 6 rings (SSSR count). The third kappa shape index (κ3) is 2.85. The number of ether oxygens (including phenoxy) is 1. The average molecular weight is 425 g/mol. The number of carbonyl (C=O) groups excluding carboxylic acids is 1. The van der Waals surface area contributed by atoms with Gasteiger partial charge in [0.25, 0.3) is 0 Å². The number of nitrogens with zero attached hydrogens (tertiary/aromatic N) is 2. The Kier molecular flexibility index (Phi) is 4.49. The van der Waals surface area contributed by atoms with Gasteiger partial charge in [0.15, 0.2) is 0 Å². The Bertz CT molecular complexity index is 1380. The van der Waals surface area contributed by atoms with Crippen LogP contribution in [0.15, 0.2) is 60.8 Å². The molecule has 4 nitrogen and oxygen atoms in total. The first-order chi connectivity index (χ1) is 15.7. The molecule has 0 radical (unpaired) electrons. The third-order valence-electron chi connectivity index (χ3n) is 7.36. The van der Waals surface area contributed by atoms with Crippen LogP contribution in [0, 0.1) is 0 Å². The quantitative estimate of drug-likeness (QED) is 0.266. The van der Waals surface area contributed by atoms with Gasteiger partial charge in [0.2, 0.25) is 0 Å². The van der Waals surface area contributed by atoms with E-state index in [1.165, 1.54) is 72.3 Å². The number of esters is 1. The maximum atomic E-state index is 12.4. The minimum atomic E-state index is -0.290. The van der Waals surface area contributed by atoms with Crippen LogP contribution in [0.5, 0.6) is 0 Å². The average Bonchev–Trinajstić information content (AvgIpc) is 3.36. The molecular formula is C28H28N2O2. The van der Waals surface area contributed by atoms with Crippen molar-refractivity contribution in [2.75, 3.05) is 7.11 Å². The lowest BCUT2D eigenvalue weighted by Crippen LogP contribution is -2.13. The molecule has 2 aromatic heterocycles. The zero-order chi connectivity index (χ0) is 21.8. The molecule has 0 saturated heterocycles. The van der Waals surface area contributed by atoms with Gasteiger partial charge >= 0.3 is 5.97 Å². The van der Waals surface area contributed by atoms with Gasteiger partial charge in [0, 0.05) is 41.1 Å². The van der Waals surface area contributed by atoms with Gasteiger partial charge in [-0.3, -0.25) is 0 Å². The molecule has 0 amide bonds. The van der Waals surface area contributed by atoms with Crippen LogP contribution in [0.2, 0.25) is 0 Å². The Balaban J connectivity index is 1.73. The number of aromatic nitrogens is 2. The van der Waals surface area contributed by atoms with Gasteiger partial charge in [-0.25, -0.2) is 4.79 Å². The number of carbonyl (C=O) groups is 1. The zero-order valence-electron chi connectivity index (χ0n) is 18.6. The van der Waals surface area contributed by atoms with Gasteiger partial charge in [-0.05, 0) is 48.1 Å². The highest BCUT2D eigenvalue weighted by Crippen LogP contribution is 2.46. The molecule has 1 aliphatic carbocycles. The van der Waals surface area contributed by atoms with Gasteiger partial charge in [-0.1, -0.05) is 50.1 Å². The van der Waals surface area contributed by atoms with E-state index in [9.17, 15) is 4.79 Å². The molecule has 0 atom stereocenters. The van der Waals surface area contributed by atoms with E-state index in [4.69, 9.17) is 4.74 Å². The fraction of sp³-hybridized carbons (Fsp3) is 0.321. The minimum Gasteiger partial charge on any atom is -0.465 e. The van der Waals surface area contributed by atoms with Gasteiger partial charge in [0.05, 0.1) is 23.9 Å². The second-order valence-corrected chi connectivity index (χ2v) is 9.34. The normalized spacial score (nSPS) is 16.7. The van der Waals surface area contributed by atoms with Crippen molar-refractivity contribution < 1.29 is 9.53 Å². The Morgan fingerprint density at radius 1 is 1.06 bits per heavy atom. The first kappa shape index (κ1) is 19.4. The standard InChI is InChI=1S/C28H28N2O2/c1-18-16-29-14-13-20-9-6-10-23(26(20)29)27-25(19-7-4-3-5-8-19)22-12-11-21(28(31)32-2)15-24(22)30(27)17-18/h6,9-15,19H,1,3-5,7-8,16-17H2,2H3. The van der Waals surface area contributed by atoms with E-state index in [1.54, 1.807) is 0 Å². The Hall–Kier alpha value is -3.27. The summed E-state index contributed by atoms with van der Waals surface area (Å²) in [5.74, 6) is 0.250. The minimum absolute atomic E-state index is 0.290. The second kappa shape index (κ2) is 7.40. The molecule has 4 heteroatoms. The number of rotatable bonds is 2. The van der Waals surface area contributed by atoms with E-state index in [-0.39, 0.29) is 5.97 Å². The molecule has 0 spiro atoms. The number of para-hydroxylation sites is 1. The van der Waals surface area contributed by atoms with E-state index in [1.807, 2.05) is 12.1 Å². The molecule has 0 unspecified atom stereocenters. The van der Waals surface area contributed by atoms with Gasteiger partial charge in [0.1, 0.15) is 0 Å². The summed E-state index contributed by atoms with van der Waals surface area (Å²) in [5, 5.41) is 2.53. The Labute approximate surface area is 188 Å². The first-order valence-corrected chi connectivity index (χ1v) is 11.6. The summed E-state index contributed by atoms with van der Waals surface area (Å²) in [6.07, 6.45) is 8.53. The van der Waals surface area contributed by atoms with E-state index < -0.39 is 0 Å². The monoisotopic (exact) mass is 424 g/mol. The summed E-state index contributed by atoms with van der Waals surface area (Å²) in [6, 6.07) is 14.9. The lowest BCUT2D eigenvalue weighted by Gasteiger charge is -2.25. The van der Waals surface area contributed by atoms with Crippen molar-refractivity contribution in [3.8, 4) is 11.3 Å². The van der Waals surface area contributed by atoms with Crippen LogP contribution in [0.1, 0.15) is 53.9 Å². The van der Waals surface area contributed by atoms with Crippen molar-refractivity contribution in [2.45, 2.75) is 51.1 Å². The molecule has 1 aliphatic heterocycles. The van der Waals surface area contributed by atoms with Gasteiger partial charge in [-0.15, -0.1) is 0 Å². The molecule has 2 aromatic carbocycles. The number of methoxy groups -OCH3 is 1. The van der Waals surface area contributed by atoms with Crippen LogP contribution in [0.3, 0.4) is 0 Å². The van der Waals surface area contributed by atoms with Crippen LogP contribution < -0.4 is 0 Å². The zero-order valence-corrected chi connectivity index (χ0v) is 18.6. The Morgan fingerprint density at radius 3 is 2.72 bits per heavy atom. The number of hydrogen-bond donors (Lipinski definition) is 0. The molecule has 162 valence electrons. The molecule has 3 heterocycles. The van der Waals surface area contributed by atoms with Crippen molar-refractivity contribution in [3.63, 3.8) is 0 Å². The maximum absolute atomic E-state index is 12.4. The van der Waals surface area contributed by atoms with Crippen molar-refractivity contribution in [1.82, 2.24) is 9.13 Å². The largest absolute Gasteiger partial charge is 0.465 e. The summed E-state index contributed by atoms with van der Waals surface area (Å²) in [5.41, 5.74) is 8.20. The molecule has 2 aliphatic rings. The van der Waals surface area contributed by atoms with Crippen LogP contribution in [-0.4, -0.2) is 22.2 Å².